The summed E-state index contributed by atoms with van der Waals surface area (Å²) in [5, 5.41) is 19.5. The van der Waals surface area contributed by atoms with E-state index in [1.807, 2.05) is 58.0 Å². The Balaban J connectivity index is 1.84. The zero-order valence-electron chi connectivity index (χ0n) is 14.5. The summed E-state index contributed by atoms with van der Waals surface area (Å²) >= 11 is 0. The van der Waals surface area contributed by atoms with Crippen molar-refractivity contribution in [1.82, 2.24) is 10.5 Å². The second-order valence-electron chi connectivity index (χ2n) is 6.99. The Kier molecular flexibility index (Phi) is 5.62. The molecule has 1 aromatic heterocycles. The van der Waals surface area contributed by atoms with E-state index in [1.165, 1.54) is 0 Å². The Bertz CT molecular complexity index is 662. The molecule has 24 heavy (non-hydrogen) atoms. The molecular weight excluding hydrogens is 306 g/mol. The Labute approximate surface area is 142 Å². The molecule has 2 rings (SSSR count). The minimum atomic E-state index is -0.624. The highest BCUT2D eigenvalue weighted by atomic mass is 16.5. The summed E-state index contributed by atoms with van der Waals surface area (Å²) in [5.41, 5.74) is 0.661. The number of rotatable bonds is 5. The summed E-state index contributed by atoms with van der Waals surface area (Å²) in [5.74, 6) is 1.07. The van der Waals surface area contributed by atoms with Crippen molar-refractivity contribution in [3.05, 3.63) is 47.7 Å². The lowest BCUT2D eigenvalue weighted by Crippen LogP contribution is -2.37. The smallest absolute Gasteiger partial charge is 0.320 e. The predicted octanol–water partition coefficient (Wildman–Crippen LogP) is 3.61. The van der Waals surface area contributed by atoms with Crippen molar-refractivity contribution in [3.8, 4) is 0 Å². The quantitative estimate of drug-likeness (QED) is 0.781. The summed E-state index contributed by atoms with van der Waals surface area (Å²) < 4.78 is 5.22. The van der Waals surface area contributed by atoms with Crippen LogP contribution in [0.3, 0.4) is 0 Å². The van der Waals surface area contributed by atoms with Crippen molar-refractivity contribution in [3.63, 3.8) is 0 Å². The van der Waals surface area contributed by atoms with E-state index in [9.17, 15) is 9.90 Å². The molecule has 0 aliphatic rings. The molecule has 6 nitrogen and oxygen atoms in total. The minimum Gasteiger partial charge on any atom is -0.388 e. The van der Waals surface area contributed by atoms with Gasteiger partial charge in [-0.25, -0.2) is 4.79 Å². The van der Waals surface area contributed by atoms with Gasteiger partial charge in [0.15, 0.2) is 5.82 Å². The molecule has 0 saturated heterocycles. The summed E-state index contributed by atoms with van der Waals surface area (Å²) in [4.78, 5) is 12.0. The van der Waals surface area contributed by atoms with Gasteiger partial charge in [-0.2, -0.15) is 0 Å². The van der Waals surface area contributed by atoms with Gasteiger partial charge in [0.25, 0.3) is 0 Å². The molecule has 0 radical (unpaired) electrons. The van der Waals surface area contributed by atoms with Crippen molar-refractivity contribution in [2.24, 2.45) is 0 Å². The van der Waals surface area contributed by atoms with Gasteiger partial charge in [-0.15, -0.1) is 0 Å². The van der Waals surface area contributed by atoms with Gasteiger partial charge in [0, 0.05) is 17.5 Å². The lowest BCUT2D eigenvalue weighted by molar-refractivity contribution is 0.155. The average Bonchev–Trinajstić information content (AvgIpc) is 2.96. The molecule has 0 bridgehead atoms. The maximum Gasteiger partial charge on any atom is 0.320 e. The van der Waals surface area contributed by atoms with Crippen molar-refractivity contribution in [2.75, 3.05) is 5.32 Å². The zero-order valence-corrected chi connectivity index (χ0v) is 14.5. The summed E-state index contributed by atoms with van der Waals surface area (Å²) in [7, 11) is 0. The first kappa shape index (κ1) is 18.0. The number of aliphatic hydroxyl groups excluding tert-OH is 1. The van der Waals surface area contributed by atoms with Gasteiger partial charge in [0.2, 0.25) is 0 Å². The molecule has 2 amide bonds. The number of amides is 2. The number of benzene rings is 1. The number of urea groups is 1. The first-order chi connectivity index (χ1) is 11.3. The Morgan fingerprint density at radius 3 is 2.54 bits per heavy atom. The third kappa shape index (κ3) is 5.09. The number of anilines is 1. The first-order valence-corrected chi connectivity index (χ1v) is 8.03. The number of aliphatic hydroxyl groups is 1. The van der Waals surface area contributed by atoms with Crippen molar-refractivity contribution < 1.29 is 14.4 Å². The number of hydrogen-bond donors (Lipinski definition) is 3. The molecule has 0 spiro atoms. The van der Waals surface area contributed by atoms with E-state index in [2.05, 4.69) is 15.8 Å². The fourth-order valence-corrected chi connectivity index (χ4v) is 2.27. The van der Waals surface area contributed by atoms with Gasteiger partial charge in [-0.3, -0.25) is 5.32 Å². The molecule has 2 atom stereocenters. The maximum atomic E-state index is 12.0. The predicted molar refractivity (Wildman–Crippen MR) is 92.8 cm³/mol. The normalized spacial score (nSPS) is 14.0. The van der Waals surface area contributed by atoms with Crippen LogP contribution in [0, 0.1) is 0 Å². The molecule has 3 N–H and O–H groups in total. The third-order valence-corrected chi connectivity index (χ3v) is 3.63. The number of nitrogens with zero attached hydrogens (tertiary/aromatic N) is 1. The maximum absolute atomic E-state index is 12.0. The highest BCUT2D eigenvalue weighted by Crippen LogP contribution is 2.24. The van der Waals surface area contributed by atoms with Crippen LogP contribution in [-0.4, -0.2) is 22.3 Å². The lowest BCUT2D eigenvalue weighted by Gasteiger charge is -2.18. The van der Waals surface area contributed by atoms with Gasteiger partial charge in [0.05, 0.1) is 6.10 Å². The van der Waals surface area contributed by atoms with Crippen molar-refractivity contribution in [1.29, 1.82) is 0 Å². The Hall–Kier alpha value is -2.34. The molecule has 1 aromatic carbocycles. The molecule has 0 saturated carbocycles. The van der Waals surface area contributed by atoms with Crippen LogP contribution in [0.15, 0.2) is 40.9 Å². The highest BCUT2D eigenvalue weighted by molar-refractivity contribution is 5.88. The first-order valence-electron chi connectivity index (χ1n) is 8.03. The van der Waals surface area contributed by atoms with Crippen LogP contribution in [0.2, 0.25) is 0 Å². The molecule has 0 aliphatic heterocycles. The van der Waals surface area contributed by atoms with E-state index in [0.29, 0.717) is 18.0 Å². The molecular formula is C18H25N3O3. The van der Waals surface area contributed by atoms with E-state index in [1.54, 1.807) is 6.07 Å². The zero-order chi connectivity index (χ0) is 17.7. The molecule has 6 heteroatoms. The fraction of sp³-hybridized carbons (Fsp3) is 0.444. The van der Waals surface area contributed by atoms with Gasteiger partial charge in [-0.1, -0.05) is 56.3 Å². The van der Waals surface area contributed by atoms with Gasteiger partial charge < -0.3 is 14.9 Å². The number of carbonyl (C=O) groups is 1. The second-order valence-corrected chi connectivity index (χ2v) is 6.99. The summed E-state index contributed by atoms with van der Waals surface area (Å²) in [6.45, 7) is 7.86. The lowest BCUT2D eigenvalue weighted by atomic mass is 9.93. The van der Waals surface area contributed by atoms with E-state index < -0.39 is 6.10 Å². The molecule has 2 unspecified atom stereocenters. The van der Waals surface area contributed by atoms with E-state index in [4.69, 9.17) is 4.52 Å². The number of aromatic nitrogens is 1. The number of nitrogens with one attached hydrogen (secondary N) is 2. The van der Waals surface area contributed by atoms with Gasteiger partial charge >= 0.3 is 6.03 Å². The average molecular weight is 331 g/mol. The van der Waals surface area contributed by atoms with E-state index in [-0.39, 0.29) is 17.5 Å². The fourth-order valence-electron chi connectivity index (χ4n) is 2.27. The SMILES string of the molecule is CC(CC(O)c1ccccc1)NC(=O)Nc1cc(C(C)(C)C)on1. The van der Waals surface area contributed by atoms with Crippen LogP contribution in [0.4, 0.5) is 10.6 Å². The monoisotopic (exact) mass is 331 g/mol. The minimum absolute atomic E-state index is 0.170. The molecule has 0 aliphatic carbocycles. The van der Waals surface area contributed by atoms with Gasteiger partial charge in [0.1, 0.15) is 5.76 Å². The summed E-state index contributed by atoms with van der Waals surface area (Å²) in [6, 6.07) is 10.5. The van der Waals surface area contributed by atoms with E-state index >= 15 is 0 Å². The second kappa shape index (κ2) is 7.49. The molecule has 1 heterocycles. The van der Waals surface area contributed by atoms with Crippen LogP contribution in [-0.2, 0) is 5.41 Å². The topological polar surface area (TPSA) is 87.4 Å². The Morgan fingerprint density at radius 2 is 1.96 bits per heavy atom. The molecule has 2 aromatic rings. The summed E-state index contributed by atoms with van der Waals surface area (Å²) in [6.07, 6.45) is -0.204. The van der Waals surface area contributed by atoms with Crippen LogP contribution in [0.5, 0.6) is 0 Å². The van der Waals surface area contributed by atoms with Crippen molar-refractivity contribution in [2.45, 2.75) is 51.7 Å². The number of hydrogen-bond acceptors (Lipinski definition) is 4. The standard InChI is InChI=1S/C18H25N3O3/c1-12(10-14(22)13-8-6-5-7-9-13)19-17(23)20-16-11-15(24-21-16)18(2,3)4/h5-9,11-12,14,22H,10H2,1-4H3,(H2,19,20,21,23). The highest BCUT2D eigenvalue weighted by Gasteiger charge is 2.21. The Morgan fingerprint density at radius 1 is 1.29 bits per heavy atom. The largest absolute Gasteiger partial charge is 0.388 e. The van der Waals surface area contributed by atoms with E-state index in [0.717, 1.165) is 5.56 Å². The third-order valence-electron chi connectivity index (χ3n) is 3.63. The van der Waals surface area contributed by atoms with Crippen molar-refractivity contribution >= 4 is 11.8 Å². The molecule has 130 valence electrons. The van der Waals surface area contributed by atoms with Crippen LogP contribution in [0.25, 0.3) is 0 Å². The number of carbonyl (C=O) groups excluding carboxylic acids is 1. The van der Waals surface area contributed by atoms with Gasteiger partial charge in [-0.05, 0) is 18.9 Å². The van der Waals surface area contributed by atoms with Crippen LogP contribution in [0.1, 0.15) is 51.5 Å². The molecule has 0 fully saturated rings. The van der Waals surface area contributed by atoms with Crippen LogP contribution >= 0.6 is 0 Å². The van der Waals surface area contributed by atoms with Crippen LogP contribution < -0.4 is 10.6 Å².